The molecule has 1 aliphatic rings. The molecular weight excluding hydrogens is 274 g/mol. The number of aliphatic carboxylic acids is 1. The average molecular weight is 286 g/mol. The molecule has 0 unspecified atom stereocenters. The van der Waals surface area contributed by atoms with Crippen LogP contribution in [0.2, 0.25) is 0 Å². The van der Waals surface area contributed by atoms with Crippen LogP contribution >= 0.6 is 15.9 Å². The van der Waals surface area contributed by atoms with Crippen LogP contribution in [-0.2, 0) is 4.79 Å². The van der Waals surface area contributed by atoms with Gasteiger partial charge in [-0.25, -0.2) is 4.79 Å². The van der Waals surface area contributed by atoms with Crippen LogP contribution < -0.4 is 4.90 Å². The first-order chi connectivity index (χ1) is 7.58. The molecule has 0 aliphatic carbocycles. The number of hydrogen-bond acceptors (Lipinski definition) is 3. The fraction of sp³-hybridized carbons (Fsp3) is 0.364. The number of benzene rings is 1. The second kappa shape index (κ2) is 4.43. The summed E-state index contributed by atoms with van der Waals surface area (Å²) in [7, 11) is 0. The van der Waals surface area contributed by atoms with Crippen molar-refractivity contribution in [3.05, 3.63) is 28.7 Å². The second-order valence-corrected chi connectivity index (χ2v) is 4.79. The van der Waals surface area contributed by atoms with E-state index < -0.39 is 18.1 Å². The third-order valence-corrected chi connectivity index (χ3v) is 3.25. The Bertz CT molecular complexity index is 393. The van der Waals surface area contributed by atoms with Crippen molar-refractivity contribution in [2.45, 2.75) is 18.6 Å². The molecule has 0 radical (unpaired) electrons. The SMILES string of the molecule is O=C(O)[C@@H]1C[C@H](O)CN1c1ccc(Br)cc1. The van der Waals surface area contributed by atoms with E-state index in [0.29, 0.717) is 6.54 Å². The lowest BCUT2D eigenvalue weighted by Gasteiger charge is -2.23. The Kier molecular flexibility index (Phi) is 3.16. The molecule has 5 heteroatoms. The summed E-state index contributed by atoms with van der Waals surface area (Å²) in [5, 5.41) is 18.6. The Morgan fingerprint density at radius 1 is 1.38 bits per heavy atom. The minimum atomic E-state index is -0.889. The van der Waals surface area contributed by atoms with E-state index in [9.17, 15) is 9.90 Å². The molecule has 0 saturated carbocycles. The lowest BCUT2D eigenvalue weighted by molar-refractivity contribution is -0.138. The Labute approximate surface area is 102 Å². The van der Waals surface area contributed by atoms with Crippen LogP contribution in [0.3, 0.4) is 0 Å². The smallest absolute Gasteiger partial charge is 0.326 e. The molecule has 0 spiro atoms. The van der Waals surface area contributed by atoms with Crippen LogP contribution in [0.15, 0.2) is 28.7 Å². The van der Waals surface area contributed by atoms with Crippen molar-refractivity contribution in [3.8, 4) is 0 Å². The molecule has 1 heterocycles. The molecule has 2 N–H and O–H groups in total. The monoisotopic (exact) mass is 285 g/mol. The summed E-state index contributed by atoms with van der Waals surface area (Å²) in [5.74, 6) is -0.889. The van der Waals surface area contributed by atoms with E-state index in [2.05, 4.69) is 15.9 Å². The van der Waals surface area contributed by atoms with E-state index in [4.69, 9.17) is 5.11 Å². The molecule has 1 aromatic carbocycles. The zero-order chi connectivity index (χ0) is 11.7. The summed E-state index contributed by atoms with van der Waals surface area (Å²) in [5.41, 5.74) is 0.826. The van der Waals surface area contributed by atoms with Gasteiger partial charge in [-0.1, -0.05) is 15.9 Å². The van der Waals surface area contributed by atoms with Crippen LogP contribution in [0.25, 0.3) is 0 Å². The number of aliphatic hydroxyl groups excluding tert-OH is 1. The number of nitrogens with zero attached hydrogens (tertiary/aromatic N) is 1. The molecule has 1 aromatic rings. The molecule has 1 aliphatic heterocycles. The van der Waals surface area contributed by atoms with Gasteiger partial charge in [0.2, 0.25) is 0 Å². The molecule has 86 valence electrons. The number of carboxylic acids is 1. The molecule has 16 heavy (non-hydrogen) atoms. The van der Waals surface area contributed by atoms with E-state index in [1.54, 1.807) is 4.90 Å². The first-order valence-corrected chi connectivity index (χ1v) is 5.80. The van der Waals surface area contributed by atoms with Crippen LogP contribution in [-0.4, -0.2) is 34.9 Å². The van der Waals surface area contributed by atoms with Crippen LogP contribution in [0.1, 0.15) is 6.42 Å². The zero-order valence-electron chi connectivity index (χ0n) is 8.51. The number of β-amino-alcohol motifs (C(OH)–C–C–N with tert-alkyl or cyclic N) is 1. The molecule has 2 atom stereocenters. The minimum Gasteiger partial charge on any atom is -0.480 e. The van der Waals surface area contributed by atoms with E-state index >= 15 is 0 Å². The maximum atomic E-state index is 11.0. The summed E-state index contributed by atoms with van der Waals surface area (Å²) < 4.78 is 0.947. The molecule has 4 nitrogen and oxygen atoms in total. The minimum absolute atomic E-state index is 0.283. The largest absolute Gasteiger partial charge is 0.480 e. The average Bonchev–Trinajstić information content (AvgIpc) is 2.61. The number of carbonyl (C=O) groups is 1. The van der Waals surface area contributed by atoms with Gasteiger partial charge < -0.3 is 15.1 Å². The van der Waals surface area contributed by atoms with Crippen molar-refractivity contribution in [3.63, 3.8) is 0 Å². The number of aliphatic hydroxyl groups is 1. The lowest BCUT2D eigenvalue weighted by Crippen LogP contribution is -2.35. The van der Waals surface area contributed by atoms with Gasteiger partial charge in [0.25, 0.3) is 0 Å². The van der Waals surface area contributed by atoms with Crippen molar-refractivity contribution in [2.75, 3.05) is 11.4 Å². The summed E-state index contributed by atoms with van der Waals surface area (Å²) in [4.78, 5) is 12.8. The van der Waals surface area contributed by atoms with Gasteiger partial charge in [0, 0.05) is 23.1 Å². The Morgan fingerprint density at radius 2 is 2.00 bits per heavy atom. The molecule has 0 aromatic heterocycles. The highest BCUT2D eigenvalue weighted by atomic mass is 79.9. The van der Waals surface area contributed by atoms with Crippen molar-refractivity contribution in [1.82, 2.24) is 0 Å². The number of anilines is 1. The summed E-state index contributed by atoms with van der Waals surface area (Å²) in [6.07, 6.45) is -0.282. The van der Waals surface area contributed by atoms with Crippen molar-refractivity contribution in [2.24, 2.45) is 0 Å². The maximum absolute atomic E-state index is 11.0. The highest BCUT2D eigenvalue weighted by Crippen LogP contribution is 2.27. The quantitative estimate of drug-likeness (QED) is 0.864. The molecule has 1 saturated heterocycles. The van der Waals surface area contributed by atoms with Crippen molar-refractivity contribution in [1.29, 1.82) is 0 Å². The summed E-state index contributed by atoms with van der Waals surface area (Å²) >= 11 is 3.33. The first-order valence-electron chi connectivity index (χ1n) is 5.01. The standard InChI is InChI=1S/C11H12BrNO3/c12-7-1-3-8(4-2-7)13-6-9(14)5-10(13)11(15)16/h1-4,9-10,14H,5-6H2,(H,15,16)/t9-,10-/m0/s1. The van der Waals surface area contributed by atoms with Gasteiger partial charge in [-0.3, -0.25) is 0 Å². The molecule has 0 bridgehead atoms. The Morgan fingerprint density at radius 3 is 2.56 bits per heavy atom. The number of rotatable bonds is 2. The zero-order valence-corrected chi connectivity index (χ0v) is 10.1. The van der Waals surface area contributed by atoms with E-state index in [0.717, 1.165) is 10.2 Å². The van der Waals surface area contributed by atoms with Crippen LogP contribution in [0, 0.1) is 0 Å². The number of hydrogen-bond donors (Lipinski definition) is 2. The Hall–Kier alpha value is -1.07. The van der Waals surface area contributed by atoms with Crippen molar-refractivity contribution < 1.29 is 15.0 Å². The predicted octanol–water partition coefficient (Wildman–Crippen LogP) is 1.47. The summed E-state index contributed by atoms with van der Waals surface area (Å²) in [6.45, 7) is 0.374. The molecular formula is C11H12BrNO3. The fourth-order valence-electron chi connectivity index (χ4n) is 1.97. The van der Waals surface area contributed by atoms with E-state index in [1.165, 1.54) is 0 Å². The van der Waals surface area contributed by atoms with Gasteiger partial charge in [-0.15, -0.1) is 0 Å². The fourth-order valence-corrected chi connectivity index (χ4v) is 2.23. The van der Waals surface area contributed by atoms with Gasteiger partial charge in [0.05, 0.1) is 6.10 Å². The summed E-state index contributed by atoms with van der Waals surface area (Å²) in [6, 6.07) is 6.78. The topological polar surface area (TPSA) is 60.8 Å². The third kappa shape index (κ3) is 2.20. The first kappa shape index (κ1) is 11.4. The van der Waals surface area contributed by atoms with Crippen molar-refractivity contribution >= 4 is 27.6 Å². The highest BCUT2D eigenvalue weighted by Gasteiger charge is 2.35. The van der Waals surface area contributed by atoms with Gasteiger partial charge in [0.15, 0.2) is 0 Å². The van der Waals surface area contributed by atoms with Gasteiger partial charge >= 0.3 is 5.97 Å². The van der Waals surface area contributed by atoms with E-state index in [1.807, 2.05) is 24.3 Å². The van der Waals surface area contributed by atoms with Gasteiger partial charge in [0.1, 0.15) is 6.04 Å². The predicted molar refractivity (Wildman–Crippen MR) is 63.5 cm³/mol. The molecule has 2 rings (SSSR count). The van der Waals surface area contributed by atoms with Gasteiger partial charge in [-0.05, 0) is 24.3 Å². The molecule has 0 amide bonds. The van der Waals surface area contributed by atoms with Crippen LogP contribution in [0.4, 0.5) is 5.69 Å². The van der Waals surface area contributed by atoms with Crippen LogP contribution in [0.5, 0.6) is 0 Å². The Balaban J connectivity index is 2.25. The maximum Gasteiger partial charge on any atom is 0.326 e. The normalized spacial score (nSPS) is 24.8. The van der Waals surface area contributed by atoms with Gasteiger partial charge in [-0.2, -0.15) is 0 Å². The number of carboxylic acid groups (broad SMARTS) is 1. The lowest BCUT2D eigenvalue weighted by atomic mass is 10.2. The number of halogens is 1. The second-order valence-electron chi connectivity index (χ2n) is 3.87. The molecule has 1 fully saturated rings. The third-order valence-electron chi connectivity index (χ3n) is 2.72. The van der Waals surface area contributed by atoms with E-state index in [-0.39, 0.29) is 6.42 Å². The highest BCUT2D eigenvalue weighted by molar-refractivity contribution is 9.10.